The number of halogens is 2. The van der Waals surface area contributed by atoms with Crippen molar-refractivity contribution in [3.63, 3.8) is 0 Å². The molecule has 0 aromatic heterocycles. The van der Waals surface area contributed by atoms with Crippen LogP contribution in [0.4, 0.5) is 4.39 Å². The number of carbonyl (C=O) groups is 1. The Kier molecular flexibility index (Phi) is 5.93. The van der Waals surface area contributed by atoms with Crippen molar-refractivity contribution in [2.75, 3.05) is 26.4 Å². The summed E-state index contributed by atoms with van der Waals surface area (Å²) in [4.78, 5) is 12.1. The maximum atomic E-state index is 13.7. The van der Waals surface area contributed by atoms with Crippen LogP contribution < -0.4 is 5.32 Å². The van der Waals surface area contributed by atoms with E-state index in [1.807, 2.05) is 0 Å². The van der Waals surface area contributed by atoms with Gasteiger partial charge in [-0.1, -0.05) is 11.6 Å². The van der Waals surface area contributed by atoms with Crippen molar-refractivity contribution < 1.29 is 23.8 Å². The van der Waals surface area contributed by atoms with Gasteiger partial charge in [-0.25, -0.2) is 4.39 Å². The van der Waals surface area contributed by atoms with Crippen LogP contribution in [-0.4, -0.2) is 49.6 Å². The molecule has 1 amide bonds. The third-order valence-electron chi connectivity index (χ3n) is 3.22. The smallest absolute Gasteiger partial charge is 0.254 e. The topological polar surface area (TPSA) is 67.8 Å². The number of carbonyl (C=O) groups excluding carboxylic acids is 1. The Bertz CT molecular complexity index is 500. The lowest BCUT2D eigenvalue weighted by Gasteiger charge is -2.32. The monoisotopic (exact) mass is 317 g/mol. The molecule has 0 saturated carbocycles. The van der Waals surface area contributed by atoms with E-state index in [-0.39, 0.29) is 35.9 Å². The Labute approximate surface area is 127 Å². The second kappa shape index (κ2) is 7.70. The highest BCUT2D eigenvalue weighted by molar-refractivity contribution is 6.30. The van der Waals surface area contributed by atoms with E-state index in [9.17, 15) is 9.18 Å². The first-order chi connectivity index (χ1) is 10.1. The van der Waals surface area contributed by atoms with Gasteiger partial charge in [-0.2, -0.15) is 0 Å². The molecule has 5 nitrogen and oxygen atoms in total. The molecule has 2 rings (SSSR count). The van der Waals surface area contributed by atoms with Crippen LogP contribution in [0.25, 0.3) is 0 Å². The maximum Gasteiger partial charge on any atom is 0.254 e. The molecule has 2 N–H and O–H groups in total. The summed E-state index contributed by atoms with van der Waals surface area (Å²) in [5, 5.41) is 11.8. The number of benzene rings is 1. The van der Waals surface area contributed by atoms with Gasteiger partial charge in [0.1, 0.15) is 11.9 Å². The van der Waals surface area contributed by atoms with Crippen LogP contribution in [0.3, 0.4) is 0 Å². The van der Waals surface area contributed by atoms with Gasteiger partial charge < -0.3 is 19.9 Å². The quantitative estimate of drug-likeness (QED) is 0.861. The molecule has 116 valence electrons. The molecule has 0 aliphatic carbocycles. The first kappa shape index (κ1) is 16.2. The van der Waals surface area contributed by atoms with Gasteiger partial charge in [0.2, 0.25) is 0 Å². The SMILES string of the molecule is O=C(N[C@@H]1CCOC[C@H]1OCCO)c1ccc(Cl)cc1F. The van der Waals surface area contributed by atoms with Gasteiger partial charge in [0.05, 0.1) is 31.4 Å². The van der Waals surface area contributed by atoms with E-state index in [1.54, 1.807) is 0 Å². The van der Waals surface area contributed by atoms with Crippen LogP contribution in [0, 0.1) is 5.82 Å². The van der Waals surface area contributed by atoms with Crippen LogP contribution >= 0.6 is 11.6 Å². The minimum Gasteiger partial charge on any atom is -0.394 e. The zero-order valence-corrected chi connectivity index (χ0v) is 12.1. The lowest BCUT2D eigenvalue weighted by atomic mass is 10.1. The molecule has 1 heterocycles. The van der Waals surface area contributed by atoms with Gasteiger partial charge in [0.25, 0.3) is 5.91 Å². The Morgan fingerprint density at radius 3 is 3.10 bits per heavy atom. The summed E-state index contributed by atoms with van der Waals surface area (Å²) in [6, 6.07) is 3.62. The molecule has 1 saturated heterocycles. The third kappa shape index (κ3) is 4.38. The van der Waals surface area contributed by atoms with Gasteiger partial charge in [0, 0.05) is 11.6 Å². The molecule has 0 unspecified atom stereocenters. The minimum absolute atomic E-state index is 0.0631. The number of aliphatic hydroxyl groups is 1. The summed E-state index contributed by atoms with van der Waals surface area (Å²) in [6.45, 7) is 0.875. The normalized spacial score (nSPS) is 22.0. The predicted octanol–water partition coefficient (Wildman–Crippen LogP) is 1.38. The second-order valence-corrected chi connectivity index (χ2v) is 5.14. The number of amides is 1. The van der Waals surface area contributed by atoms with Gasteiger partial charge in [0.15, 0.2) is 0 Å². The number of ether oxygens (including phenoxy) is 2. The number of aliphatic hydroxyl groups excluding tert-OH is 1. The van der Waals surface area contributed by atoms with E-state index in [1.165, 1.54) is 12.1 Å². The van der Waals surface area contributed by atoms with Crippen molar-refractivity contribution >= 4 is 17.5 Å². The highest BCUT2D eigenvalue weighted by Crippen LogP contribution is 2.16. The average molecular weight is 318 g/mol. The molecular weight excluding hydrogens is 301 g/mol. The number of hydrogen-bond donors (Lipinski definition) is 2. The molecule has 2 atom stereocenters. The molecule has 0 spiro atoms. The molecular formula is C14H17ClFNO4. The van der Waals surface area contributed by atoms with E-state index in [2.05, 4.69) is 5.32 Å². The minimum atomic E-state index is -0.667. The maximum absolute atomic E-state index is 13.7. The fourth-order valence-corrected chi connectivity index (χ4v) is 2.32. The molecule has 1 aromatic carbocycles. The van der Waals surface area contributed by atoms with Crippen LogP contribution in [0.5, 0.6) is 0 Å². The predicted molar refractivity (Wildman–Crippen MR) is 74.9 cm³/mol. The summed E-state index contributed by atoms with van der Waals surface area (Å²) in [6.07, 6.45) is 0.210. The molecule has 1 aliphatic heterocycles. The Hall–Kier alpha value is -1.21. The van der Waals surface area contributed by atoms with E-state index in [4.69, 9.17) is 26.2 Å². The van der Waals surface area contributed by atoms with Gasteiger partial charge in [-0.3, -0.25) is 4.79 Å². The highest BCUT2D eigenvalue weighted by atomic mass is 35.5. The number of nitrogens with one attached hydrogen (secondary N) is 1. The number of rotatable bonds is 5. The summed E-state index contributed by atoms with van der Waals surface area (Å²) in [7, 11) is 0. The fraction of sp³-hybridized carbons (Fsp3) is 0.500. The standard InChI is InChI=1S/C14H17ClFNO4/c15-9-1-2-10(11(16)7-9)14(19)17-12-3-5-20-8-13(12)21-6-4-18/h1-2,7,12-13,18H,3-6,8H2,(H,17,19)/t12-,13-/m1/s1. The van der Waals surface area contributed by atoms with Crippen molar-refractivity contribution in [2.24, 2.45) is 0 Å². The molecule has 0 bridgehead atoms. The van der Waals surface area contributed by atoms with Crippen molar-refractivity contribution in [1.29, 1.82) is 0 Å². The van der Waals surface area contributed by atoms with Crippen molar-refractivity contribution in [3.8, 4) is 0 Å². The summed E-state index contributed by atoms with van der Waals surface area (Å²) < 4.78 is 24.4. The molecule has 21 heavy (non-hydrogen) atoms. The van der Waals surface area contributed by atoms with Crippen molar-refractivity contribution in [1.82, 2.24) is 5.32 Å². The molecule has 1 fully saturated rings. The highest BCUT2D eigenvalue weighted by Gasteiger charge is 2.28. The Morgan fingerprint density at radius 2 is 2.38 bits per heavy atom. The lowest BCUT2D eigenvalue weighted by molar-refractivity contribution is -0.0737. The summed E-state index contributed by atoms with van der Waals surface area (Å²) >= 11 is 5.66. The largest absolute Gasteiger partial charge is 0.394 e. The molecule has 7 heteroatoms. The Morgan fingerprint density at radius 1 is 1.57 bits per heavy atom. The van der Waals surface area contributed by atoms with Crippen LogP contribution in [0.1, 0.15) is 16.8 Å². The zero-order valence-electron chi connectivity index (χ0n) is 11.4. The van der Waals surface area contributed by atoms with Crippen molar-refractivity contribution in [2.45, 2.75) is 18.6 Å². The van der Waals surface area contributed by atoms with Gasteiger partial charge >= 0.3 is 0 Å². The first-order valence-electron chi connectivity index (χ1n) is 6.68. The lowest BCUT2D eigenvalue weighted by Crippen LogP contribution is -2.50. The van der Waals surface area contributed by atoms with Gasteiger partial charge in [-0.15, -0.1) is 0 Å². The fourth-order valence-electron chi connectivity index (χ4n) is 2.17. The molecule has 1 aromatic rings. The van der Waals surface area contributed by atoms with Gasteiger partial charge in [-0.05, 0) is 24.6 Å². The first-order valence-corrected chi connectivity index (χ1v) is 7.05. The number of hydrogen-bond acceptors (Lipinski definition) is 4. The van der Waals surface area contributed by atoms with E-state index < -0.39 is 11.7 Å². The van der Waals surface area contributed by atoms with Crippen LogP contribution in [0.2, 0.25) is 5.02 Å². The van der Waals surface area contributed by atoms with Crippen LogP contribution in [0.15, 0.2) is 18.2 Å². The molecule has 0 radical (unpaired) electrons. The van der Waals surface area contributed by atoms with Crippen molar-refractivity contribution in [3.05, 3.63) is 34.6 Å². The zero-order chi connectivity index (χ0) is 15.2. The Balaban J connectivity index is 2.02. The average Bonchev–Trinajstić information content (AvgIpc) is 2.46. The van der Waals surface area contributed by atoms with E-state index in [0.717, 1.165) is 6.07 Å². The summed E-state index contributed by atoms with van der Waals surface area (Å²) in [5.74, 6) is -1.19. The molecule has 1 aliphatic rings. The summed E-state index contributed by atoms with van der Waals surface area (Å²) in [5.41, 5.74) is -0.0631. The van der Waals surface area contributed by atoms with E-state index in [0.29, 0.717) is 19.6 Å². The second-order valence-electron chi connectivity index (χ2n) is 4.70. The van der Waals surface area contributed by atoms with E-state index >= 15 is 0 Å². The van der Waals surface area contributed by atoms with Crippen LogP contribution in [-0.2, 0) is 9.47 Å². The third-order valence-corrected chi connectivity index (χ3v) is 3.45.